The number of phenols is 1. The van der Waals surface area contributed by atoms with Crippen LogP contribution in [0.3, 0.4) is 0 Å². The SMILES string of the molecule is COc1c(C(C)(C)C)cc(SC2(Sc3cc(C(C)(C)C)c(O)c(C(C)(C)C)c3)CCN(C(=O)c3cccnc3)CC2)cc1C(C)(C)C. The molecular formula is C40H56N2O3S2. The van der Waals surface area contributed by atoms with Crippen molar-refractivity contribution in [2.24, 2.45) is 0 Å². The van der Waals surface area contributed by atoms with Crippen LogP contribution < -0.4 is 4.74 Å². The lowest BCUT2D eigenvalue weighted by molar-refractivity contribution is 0.0722. The Balaban J connectivity index is 1.84. The summed E-state index contributed by atoms with van der Waals surface area (Å²) in [5.41, 5.74) is 4.30. The van der Waals surface area contributed by atoms with Gasteiger partial charge in [-0.25, -0.2) is 0 Å². The summed E-state index contributed by atoms with van der Waals surface area (Å²) in [5.74, 6) is 1.40. The second-order valence-corrected chi connectivity index (χ2v) is 20.2. The fraction of sp³-hybridized carbons (Fsp3) is 0.550. The first-order valence-corrected chi connectivity index (χ1v) is 18.4. The number of carbonyl (C=O) groups excluding carboxylic acids is 1. The summed E-state index contributed by atoms with van der Waals surface area (Å²) in [5, 5.41) is 11.5. The minimum absolute atomic E-state index is 0.0332. The summed E-state index contributed by atoms with van der Waals surface area (Å²) in [7, 11) is 1.78. The van der Waals surface area contributed by atoms with E-state index in [1.165, 1.54) is 16.0 Å². The van der Waals surface area contributed by atoms with E-state index < -0.39 is 0 Å². The Bertz CT molecular complexity index is 1510. The average molecular weight is 677 g/mol. The molecule has 5 nitrogen and oxygen atoms in total. The van der Waals surface area contributed by atoms with Crippen LogP contribution in [0.25, 0.3) is 0 Å². The number of aromatic hydroxyl groups is 1. The van der Waals surface area contributed by atoms with Gasteiger partial charge in [-0.2, -0.15) is 0 Å². The Morgan fingerprint density at radius 1 is 0.766 bits per heavy atom. The number of ether oxygens (including phenoxy) is 1. The van der Waals surface area contributed by atoms with Crippen LogP contribution in [0.5, 0.6) is 11.5 Å². The molecule has 2 aromatic carbocycles. The molecule has 1 aromatic heterocycles. The van der Waals surface area contributed by atoms with Gasteiger partial charge in [0.2, 0.25) is 0 Å². The minimum Gasteiger partial charge on any atom is -0.507 e. The molecule has 47 heavy (non-hydrogen) atoms. The molecule has 256 valence electrons. The Morgan fingerprint density at radius 2 is 1.19 bits per heavy atom. The first-order valence-electron chi connectivity index (χ1n) is 16.7. The van der Waals surface area contributed by atoms with Crippen molar-refractivity contribution < 1.29 is 14.6 Å². The average Bonchev–Trinajstić information content (AvgIpc) is 2.96. The summed E-state index contributed by atoms with van der Waals surface area (Å²) in [6, 6.07) is 12.7. The number of rotatable bonds is 6. The Labute approximate surface area is 292 Å². The maximum absolute atomic E-state index is 13.5. The molecule has 1 N–H and O–H groups in total. The van der Waals surface area contributed by atoms with Crippen molar-refractivity contribution in [3.05, 3.63) is 76.6 Å². The number of hydrogen-bond acceptors (Lipinski definition) is 6. The quantitative estimate of drug-likeness (QED) is 0.262. The number of benzene rings is 2. The first kappa shape index (κ1) is 37.2. The van der Waals surface area contributed by atoms with E-state index in [4.69, 9.17) is 4.74 Å². The van der Waals surface area contributed by atoms with Crippen LogP contribution >= 0.6 is 23.5 Å². The Morgan fingerprint density at radius 3 is 1.55 bits per heavy atom. The maximum Gasteiger partial charge on any atom is 0.255 e. The third kappa shape index (κ3) is 8.51. The van der Waals surface area contributed by atoms with Gasteiger partial charge in [0.1, 0.15) is 11.5 Å². The zero-order chi connectivity index (χ0) is 35.2. The number of thioether (sulfide) groups is 2. The van der Waals surface area contributed by atoms with Gasteiger partial charge >= 0.3 is 0 Å². The lowest BCUT2D eigenvalue weighted by Gasteiger charge is -2.42. The van der Waals surface area contributed by atoms with Gasteiger partial charge in [0.15, 0.2) is 0 Å². The van der Waals surface area contributed by atoms with Crippen LogP contribution in [0.4, 0.5) is 0 Å². The molecule has 3 aromatic rings. The van der Waals surface area contributed by atoms with Crippen LogP contribution in [0.1, 0.15) is 129 Å². The normalized spacial score (nSPS) is 15.9. The molecule has 1 fully saturated rings. The molecule has 4 rings (SSSR count). The van der Waals surface area contributed by atoms with Crippen LogP contribution in [0, 0.1) is 0 Å². The van der Waals surface area contributed by atoms with E-state index in [1.807, 2.05) is 40.6 Å². The standard InChI is InChI=1S/C40H56N2O3S2/c1-36(2,3)29-21-27(22-30(33(29)43)37(4,5)6)46-40(16-19-42(20-17-40)35(44)26-15-14-18-41-25-26)47-28-23-31(38(7,8)9)34(45-13)32(24-28)39(10,11)12/h14-15,18,21-25,43H,16-17,19-20H2,1-13H3. The largest absolute Gasteiger partial charge is 0.507 e. The van der Waals surface area contributed by atoms with Crippen LogP contribution in [0.15, 0.2) is 58.6 Å². The molecule has 7 heteroatoms. The van der Waals surface area contributed by atoms with E-state index in [2.05, 4.69) is 112 Å². The van der Waals surface area contributed by atoms with E-state index in [0.717, 1.165) is 34.6 Å². The molecular weight excluding hydrogens is 621 g/mol. The number of aromatic nitrogens is 1. The summed E-state index contributed by atoms with van der Waals surface area (Å²) >= 11 is 3.81. The lowest BCUT2D eigenvalue weighted by atomic mass is 9.79. The van der Waals surface area contributed by atoms with Gasteiger partial charge < -0.3 is 14.7 Å². The van der Waals surface area contributed by atoms with Crippen LogP contribution in [0.2, 0.25) is 0 Å². The number of pyridine rings is 1. The number of phenolic OH excluding ortho intramolecular Hbond substituents is 1. The smallest absolute Gasteiger partial charge is 0.255 e. The van der Waals surface area contributed by atoms with E-state index >= 15 is 0 Å². The van der Waals surface area contributed by atoms with Gasteiger partial charge in [0.25, 0.3) is 5.91 Å². The summed E-state index contributed by atoms with van der Waals surface area (Å²) in [4.78, 5) is 22.0. The summed E-state index contributed by atoms with van der Waals surface area (Å²) in [6.45, 7) is 27.8. The molecule has 0 spiro atoms. The van der Waals surface area contributed by atoms with Crippen molar-refractivity contribution in [3.8, 4) is 11.5 Å². The monoisotopic (exact) mass is 676 g/mol. The molecule has 0 saturated carbocycles. The van der Waals surface area contributed by atoms with Crippen molar-refractivity contribution in [3.63, 3.8) is 0 Å². The van der Waals surface area contributed by atoms with E-state index in [0.29, 0.717) is 24.4 Å². The van der Waals surface area contributed by atoms with E-state index in [9.17, 15) is 9.90 Å². The highest BCUT2D eigenvalue weighted by molar-refractivity contribution is 8.18. The number of methoxy groups -OCH3 is 1. The number of likely N-dealkylation sites (tertiary alicyclic amines) is 1. The van der Waals surface area contributed by atoms with Crippen molar-refractivity contribution in [2.45, 2.75) is 131 Å². The van der Waals surface area contributed by atoms with Gasteiger partial charge in [0.05, 0.1) is 16.8 Å². The molecule has 1 aliphatic rings. The molecule has 1 aliphatic heterocycles. The molecule has 1 amide bonds. The zero-order valence-electron chi connectivity index (χ0n) is 30.9. The molecule has 0 bridgehead atoms. The topological polar surface area (TPSA) is 62.7 Å². The fourth-order valence-corrected chi connectivity index (χ4v) is 9.27. The molecule has 0 radical (unpaired) electrons. The fourth-order valence-electron chi connectivity index (χ4n) is 6.18. The predicted octanol–water partition coefficient (Wildman–Crippen LogP) is 10.5. The van der Waals surface area contributed by atoms with Gasteiger partial charge in [-0.1, -0.05) is 83.1 Å². The molecule has 0 aliphatic carbocycles. The summed E-state index contributed by atoms with van der Waals surface area (Å²) < 4.78 is 5.85. The maximum atomic E-state index is 13.5. The minimum atomic E-state index is -0.244. The number of amides is 1. The van der Waals surface area contributed by atoms with Crippen LogP contribution in [-0.4, -0.2) is 45.2 Å². The first-order chi connectivity index (χ1) is 21.6. The van der Waals surface area contributed by atoms with Gasteiger partial charge in [-0.05, 0) is 70.9 Å². The summed E-state index contributed by atoms with van der Waals surface area (Å²) in [6.07, 6.45) is 4.98. The highest BCUT2D eigenvalue weighted by Crippen LogP contribution is 2.55. The lowest BCUT2D eigenvalue weighted by Crippen LogP contribution is -2.43. The second kappa shape index (κ2) is 13.3. The number of nitrogens with zero attached hydrogens (tertiary/aromatic N) is 2. The van der Waals surface area contributed by atoms with Gasteiger partial charge in [-0.3, -0.25) is 9.78 Å². The third-order valence-corrected chi connectivity index (χ3v) is 11.9. The molecule has 2 heterocycles. The second-order valence-electron chi connectivity index (χ2n) is 17.1. The Hall–Kier alpha value is -2.64. The highest BCUT2D eigenvalue weighted by atomic mass is 32.2. The van der Waals surface area contributed by atoms with Crippen molar-refractivity contribution in [2.75, 3.05) is 20.2 Å². The van der Waals surface area contributed by atoms with Crippen molar-refractivity contribution >= 4 is 29.4 Å². The number of hydrogen-bond donors (Lipinski definition) is 1. The van der Waals surface area contributed by atoms with Crippen molar-refractivity contribution in [1.82, 2.24) is 9.88 Å². The van der Waals surface area contributed by atoms with E-state index in [1.54, 1.807) is 19.5 Å². The zero-order valence-corrected chi connectivity index (χ0v) is 32.6. The molecule has 1 saturated heterocycles. The Kier molecular flexibility index (Phi) is 10.6. The van der Waals surface area contributed by atoms with Crippen molar-refractivity contribution in [1.29, 1.82) is 0 Å². The van der Waals surface area contributed by atoms with E-state index in [-0.39, 0.29) is 31.6 Å². The predicted molar refractivity (Wildman–Crippen MR) is 200 cm³/mol. The third-order valence-electron chi connectivity index (χ3n) is 8.91. The van der Waals surface area contributed by atoms with Gasteiger partial charge in [0, 0.05) is 57.5 Å². The molecule has 0 unspecified atom stereocenters. The highest BCUT2D eigenvalue weighted by Gasteiger charge is 2.40. The van der Waals surface area contributed by atoms with Crippen LogP contribution in [-0.2, 0) is 21.7 Å². The van der Waals surface area contributed by atoms with Gasteiger partial charge in [-0.15, -0.1) is 23.5 Å². The molecule has 0 atom stereocenters. The number of carbonyl (C=O) groups is 1. The number of piperidine rings is 1.